The van der Waals surface area contributed by atoms with Crippen molar-refractivity contribution in [2.45, 2.75) is 50.1 Å². The molecule has 116 valence electrons. The Morgan fingerprint density at radius 2 is 1.95 bits per heavy atom. The van der Waals surface area contributed by atoms with Crippen molar-refractivity contribution in [2.75, 3.05) is 6.54 Å². The molecule has 0 aromatic heterocycles. The van der Waals surface area contributed by atoms with Crippen molar-refractivity contribution in [1.29, 1.82) is 0 Å². The third-order valence-corrected chi connectivity index (χ3v) is 5.43. The predicted molar refractivity (Wildman–Crippen MR) is 78.9 cm³/mol. The van der Waals surface area contributed by atoms with Crippen LogP contribution in [0.5, 0.6) is 0 Å². The van der Waals surface area contributed by atoms with Crippen LogP contribution in [-0.2, 0) is 16.6 Å². The number of nitrogens with one attached hydrogen (secondary N) is 2. The summed E-state index contributed by atoms with van der Waals surface area (Å²) in [6.45, 7) is 2.47. The molecule has 6 heteroatoms. The van der Waals surface area contributed by atoms with Gasteiger partial charge in [-0.05, 0) is 56.2 Å². The number of aryl methyl sites for hydroxylation is 1. The Labute approximate surface area is 125 Å². The van der Waals surface area contributed by atoms with E-state index in [2.05, 4.69) is 10.0 Å². The summed E-state index contributed by atoms with van der Waals surface area (Å²) < 4.78 is 41.3. The molecule has 4 nitrogen and oxygen atoms in total. The number of benzene rings is 1. The molecule has 0 amide bonds. The van der Waals surface area contributed by atoms with Crippen molar-refractivity contribution in [3.8, 4) is 0 Å². The number of halogens is 1. The van der Waals surface area contributed by atoms with E-state index in [-0.39, 0.29) is 10.7 Å². The van der Waals surface area contributed by atoms with Gasteiger partial charge < -0.3 is 5.32 Å². The topological polar surface area (TPSA) is 58.2 Å². The second-order valence-corrected chi connectivity index (χ2v) is 7.93. The second kappa shape index (κ2) is 5.66. The van der Waals surface area contributed by atoms with E-state index in [1.165, 1.54) is 12.1 Å². The Hall–Kier alpha value is -0.980. The van der Waals surface area contributed by atoms with Gasteiger partial charge in [-0.3, -0.25) is 0 Å². The number of hydrogen-bond donors (Lipinski definition) is 2. The summed E-state index contributed by atoms with van der Waals surface area (Å²) >= 11 is 0. The molecule has 2 N–H and O–H groups in total. The summed E-state index contributed by atoms with van der Waals surface area (Å²) in [6, 6.07) is 3.32. The van der Waals surface area contributed by atoms with E-state index in [9.17, 15) is 12.8 Å². The molecule has 0 atom stereocenters. The zero-order valence-electron chi connectivity index (χ0n) is 12.2. The fraction of sp³-hybridized carbons (Fsp3) is 0.600. The van der Waals surface area contributed by atoms with Crippen molar-refractivity contribution in [3.05, 3.63) is 29.1 Å². The van der Waals surface area contributed by atoms with Crippen molar-refractivity contribution in [1.82, 2.24) is 10.0 Å². The number of sulfonamides is 1. The van der Waals surface area contributed by atoms with Gasteiger partial charge in [-0.15, -0.1) is 0 Å². The lowest BCUT2D eigenvalue weighted by Gasteiger charge is -2.12. The van der Waals surface area contributed by atoms with Gasteiger partial charge in [0.15, 0.2) is 0 Å². The first kappa shape index (κ1) is 14.9. The first-order chi connectivity index (χ1) is 9.95. The highest BCUT2D eigenvalue weighted by molar-refractivity contribution is 7.89. The molecule has 2 aliphatic rings. The SMILES string of the molecule is Cc1cc(S(=O)(=O)NCC2CC2)cc(CNC2CC2)c1F. The lowest BCUT2D eigenvalue weighted by atomic mass is 10.1. The third kappa shape index (κ3) is 3.81. The van der Waals surface area contributed by atoms with E-state index in [4.69, 9.17) is 0 Å². The van der Waals surface area contributed by atoms with Gasteiger partial charge in [-0.25, -0.2) is 17.5 Å². The molecule has 0 spiro atoms. The largest absolute Gasteiger partial charge is 0.310 e. The minimum absolute atomic E-state index is 0.162. The summed E-state index contributed by atoms with van der Waals surface area (Å²) in [6.07, 6.45) is 4.39. The average molecular weight is 312 g/mol. The van der Waals surface area contributed by atoms with Gasteiger partial charge in [0, 0.05) is 24.7 Å². The van der Waals surface area contributed by atoms with Crippen LogP contribution >= 0.6 is 0 Å². The standard InChI is InChI=1S/C15H21FN2O2S/c1-10-6-14(21(19,20)18-8-11-2-3-11)7-12(15(10)16)9-17-13-4-5-13/h6-7,11,13,17-18H,2-5,8-9H2,1H3. The van der Waals surface area contributed by atoms with Crippen LogP contribution in [0.2, 0.25) is 0 Å². The smallest absolute Gasteiger partial charge is 0.240 e. The average Bonchev–Trinajstić information content (AvgIpc) is 3.32. The zero-order valence-corrected chi connectivity index (χ0v) is 13.0. The van der Waals surface area contributed by atoms with Crippen LogP contribution in [0.4, 0.5) is 4.39 Å². The predicted octanol–water partition coefficient (Wildman–Crippen LogP) is 2.07. The summed E-state index contributed by atoms with van der Waals surface area (Å²) in [4.78, 5) is 0.162. The van der Waals surface area contributed by atoms with E-state index in [1.54, 1.807) is 6.92 Å². The van der Waals surface area contributed by atoms with Gasteiger partial charge in [-0.2, -0.15) is 0 Å². The highest BCUT2D eigenvalue weighted by Crippen LogP contribution is 2.28. The molecule has 3 rings (SSSR count). The van der Waals surface area contributed by atoms with Crippen molar-refractivity contribution >= 4 is 10.0 Å². The fourth-order valence-corrected chi connectivity index (χ4v) is 3.52. The molecule has 0 saturated heterocycles. The monoisotopic (exact) mass is 312 g/mol. The summed E-state index contributed by atoms with van der Waals surface area (Å²) in [5, 5.41) is 3.22. The first-order valence-corrected chi connectivity index (χ1v) is 8.96. The highest BCUT2D eigenvalue weighted by atomic mass is 32.2. The van der Waals surface area contributed by atoms with Gasteiger partial charge >= 0.3 is 0 Å². The van der Waals surface area contributed by atoms with Crippen molar-refractivity contribution in [3.63, 3.8) is 0 Å². The van der Waals surface area contributed by atoms with Gasteiger partial charge in [0.25, 0.3) is 0 Å². The summed E-state index contributed by atoms with van der Waals surface area (Å²) in [7, 11) is -3.54. The maximum Gasteiger partial charge on any atom is 0.240 e. The van der Waals surface area contributed by atoms with Crippen LogP contribution in [0.15, 0.2) is 17.0 Å². The van der Waals surface area contributed by atoms with E-state index in [1.807, 2.05) is 0 Å². The van der Waals surface area contributed by atoms with Gasteiger partial charge in [-0.1, -0.05) is 0 Å². The minimum atomic E-state index is -3.54. The molecular formula is C15H21FN2O2S. The van der Waals surface area contributed by atoms with Crippen LogP contribution in [0.3, 0.4) is 0 Å². The lowest BCUT2D eigenvalue weighted by molar-refractivity contribution is 0.568. The molecule has 1 aromatic rings. The van der Waals surface area contributed by atoms with Crippen LogP contribution in [-0.4, -0.2) is 21.0 Å². The molecule has 2 saturated carbocycles. The van der Waals surface area contributed by atoms with Crippen LogP contribution in [0.1, 0.15) is 36.8 Å². The number of rotatable bonds is 7. The highest BCUT2D eigenvalue weighted by Gasteiger charge is 2.25. The molecule has 2 aliphatic carbocycles. The summed E-state index contributed by atoms with van der Waals surface area (Å²) in [5.41, 5.74) is 0.797. The number of hydrogen-bond acceptors (Lipinski definition) is 3. The molecule has 0 heterocycles. The van der Waals surface area contributed by atoms with Gasteiger partial charge in [0.05, 0.1) is 4.90 Å². The molecular weight excluding hydrogens is 291 g/mol. The zero-order chi connectivity index (χ0) is 15.0. The Morgan fingerprint density at radius 3 is 2.57 bits per heavy atom. The Morgan fingerprint density at radius 1 is 1.24 bits per heavy atom. The van der Waals surface area contributed by atoms with Crippen LogP contribution in [0, 0.1) is 18.7 Å². The maximum absolute atomic E-state index is 14.1. The van der Waals surface area contributed by atoms with Crippen molar-refractivity contribution < 1.29 is 12.8 Å². The summed E-state index contributed by atoms with van der Waals surface area (Å²) in [5.74, 6) is 0.154. The van der Waals surface area contributed by atoms with E-state index in [0.717, 1.165) is 25.7 Å². The Kier molecular flexibility index (Phi) is 4.03. The molecule has 0 radical (unpaired) electrons. The van der Waals surface area contributed by atoms with E-state index in [0.29, 0.717) is 36.2 Å². The molecule has 2 fully saturated rings. The van der Waals surface area contributed by atoms with Gasteiger partial charge in [0.1, 0.15) is 5.82 Å². The molecule has 0 aliphatic heterocycles. The second-order valence-electron chi connectivity index (χ2n) is 6.16. The Bertz CT molecular complexity index is 637. The maximum atomic E-state index is 14.1. The lowest BCUT2D eigenvalue weighted by Crippen LogP contribution is -2.26. The van der Waals surface area contributed by atoms with Crippen LogP contribution < -0.4 is 10.0 Å². The normalized spacial score (nSPS) is 19.0. The molecule has 0 unspecified atom stereocenters. The van der Waals surface area contributed by atoms with Crippen LogP contribution in [0.25, 0.3) is 0 Å². The Balaban J connectivity index is 1.79. The molecule has 21 heavy (non-hydrogen) atoms. The molecule has 1 aromatic carbocycles. The van der Waals surface area contributed by atoms with E-state index < -0.39 is 10.0 Å². The third-order valence-electron chi connectivity index (χ3n) is 4.03. The first-order valence-electron chi connectivity index (χ1n) is 7.48. The van der Waals surface area contributed by atoms with Gasteiger partial charge in [0.2, 0.25) is 10.0 Å². The fourth-order valence-electron chi connectivity index (χ4n) is 2.27. The van der Waals surface area contributed by atoms with E-state index >= 15 is 0 Å². The molecule has 0 bridgehead atoms. The minimum Gasteiger partial charge on any atom is -0.310 e. The quantitative estimate of drug-likeness (QED) is 0.810. The van der Waals surface area contributed by atoms with Crippen molar-refractivity contribution in [2.24, 2.45) is 5.92 Å².